The van der Waals surface area contributed by atoms with Crippen LogP contribution in [0.5, 0.6) is 0 Å². The van der Waals surface area contributed by atoms with E-state index in [4.69, 9.17) is 5.73 Å². The van der Waals surface area contributed by atoms with Crippen molar-refractivity contribution in [3.8, 4) is 0 Å². The van der Waals surface area contributed by atoms with Gasteiger partial charge in [0.05, 0.1) is 6.54 Å². The van der Waals surface area contributed by atoms with Gasteiger partial charge in [-0.3, -0.25) is 4.79 Å². The minimum absolute atomic E-state index is 0.0120. The molecular formula is C10H12F2N2O. The molecule has 5 heteroatoms. The van der Waals surface area contributed by atoms with E-state index in [1.165, 1.54) is 24.3 Å². The van der Waals surface area contributed by atoms with E-state index in [2.05, 4.69) is 5.32 Å². The van der Waals surface area contributed by atoms with Crippen LogP contribution in [0.15, 0.2) is 24.3 Å². The Bertz CT molecular complexity index is 343. The summed E-state index contributed by atoms with van der Waals surface area (Å²) < 4.78 is 25.6. The summed E-state index contributed by atoms with van der Waals surface area (Å²) in [5, 5.41) is 2.70. The summed E-state index contributed by atoms with van der Waals surface area (Å²) in [7, 11) is 0. The molecule has 0 atom stereocenters. The predicted octanol–water partition coefficient (Wildman–Crippen LogP) is 1.70. The van der Waals surface area contributed by atoms with E-state index in [-0.39, 0.29) is 12.1 Å². The molecule has 82 valence electrons. The first kappa shape index (κ1) is 11.4. The third kappa shape index (κ3) is 3.53. The first-order chi connectivity index (χ1) is 6.89. The molecule has 0 aliphatic carbocycles. The van der Waals surface area contributed by atoms with Crippen LogP contribution < -0.4 is 11.1 Å². The number of amides is 1. The fourth-order valence-corrected chi connectivity index (χ4v) is 1.07. The summed E-state index contributed by atoms with van der Waals surface area (Å²) in [4.78, 5) is 10.4. The van der Waals surface area contributed by atoms with Crippen LogP contribution in [0.25, 0.3) is 0 Å². The van der Waals surface area contributed by atoms with Crippen LogP contribution in [0.4, 0.5) is 14.5 Å². The summed E-state index contributed by atoms with van der Waals surface area (Å²) in [6.45, 7) is 0.820. The second-order valence-electron chi connectivity index (χ2n) is 3.29. The van der Waals surface area contributed by atoms with Gasteiger partial charge < -0.3 is 11.1 Å². The molecule has 0 saturated heterocycles. The molecule has 0 spiro atoms. The summed E-state index contributed by atoms with van der Waals surface area (Å²) in [6.07, 6.45) is 0. The van der Waals surface area contributed by atoms with E-state index >= 15 is 0 Å². The van der Waals surface area contributed by atoms with Gasteiger partial charge in [-0.1, -0.05) is 12.1 Å². The lowest BCUT2D eigenvalue weighted by Gasteiger charge is -2.11. The number of hydrogen-bond acceptors (Lipinski definition) is 2. The van der Waals surface area contributed by atoms with E-state index in [1.54, 1.807) is 0 Å². The van der Waals surface area contributed by atoms with Crippen molar-refractivity contribution in [1.29, 1.82) is 0 Å². The number of hydrogen-bond donors (Lipinski definition) is 2. The zero-order chi connectivity index (χ0) is 11.5. The SMILES string of the molecule is CC(F)(F)c1ccc(NCC(N)=O)cc1. The Balaban J connectivity index is 2.69. The molecule has 3 N–H and O–H groups in total. The highest BCUT2D eigenvalue weighted by Gasteiger charge is 2.23. The molecule has 0 aliphatic rings. The smallest absolute Gasteiger partial charge is 0.270 e. The maximum Gasteiger partial charge on any atom is 0.270 e. The van der Waals surface area contributed by atoms with Crippen molar-refractivity contribution < 1.29 is 13.6 Å². The zero-order valence-electron chi connectivity index (χ0n) is 8.26. The van der Waals surface area contributed by atoms with Crippen molar-refractivity contribution in [2.24, 2.45) is 5.73 Å². The molecule has 1 rings (SSSR count). The quantitative estimate of drug-likeness (QED) is 0.801. The molecule has 3 nitrogen and oxygen atoms in total. The standard InChI is InChI=1S/C10H12F2N2O/c1-10(11,12)7-2-4-8(5-3-7)14-6-9(13)15/h2-5,14H,6H2,1H3,(H2,13,15). The van der Waals surface area contributed by atoms with Crippen molar-refractivity contribution in [2.45, 2.75) is 12.8 Å². The van der Waals surface area contributed by atoms with Crippen LogP contribution in [-0.4, -0.2) is 12.5 Å². The Morgan fingerprint density at radius 1 is 1.40 bits per heavy atom. The van der Waals surface area contributed by atoms with Gasteiger partial charge in [0.2, 0.25) is 5.91 Å². The number of benzene rings is 1. The highest BCUT2D eigenvalue weighted by Crippen LogP contribution is 2.27. The van der Waals surface area contributed by atoms with Gasteiger partial charge in [-0.15, -0.1) is 0 Å². The van der Waals surface area contributed by atoms with E-state index in [9.17, 15) is 13.6 Å². The van der Waals surface area contributed by atoms with E-state index in [0.717, 1.165) is 6.92 Å². The van der Waals surface area contributed by atoms with Crippen LogP contribution in [0.2, 0.25) is 0 Å². The molecule has 0 heterocycles. The van der Waals surface area contributed by atoms with Gasteiger partial charge in [-0.2, -0.15) is 0 Å². The Hall–Kier alpha value is -1.65. The number of nitrogens with two attached hydrogens (primary N) is 1. The maximum absolute atomic E-state index is 12.8. The topological polar surface area (TPSA) is 55.1 Å². The Morgan fingerprint density at radius 3 is 2.33 bits per heavy atom. The molecule has 0 bridgehead atoms. The minimum atomic E-state index is -2.85. The average molecular weight is 214 g/mol. The fraction of sp³-hybridized carbons (Fsp3) is 0.300. The van der Waals surface area contributed by atoms with Gasteiger partial charge >= 0.3 is 0 Å². The van der Waals surface area contributed by atoms with Crippen molar-refractivity contribution >= 4 is 11.6 Å². The number of primary amides is 1. The summed E-state index contributed by atoms with van der Waals surface area (Å²) in [5.74, 6) is -3.35. The molecule has 0 unspecified atom stereocenters. The van der Waals surface area contributed by atoms with Crippen LogP contribution >= 0.6 is 0 Å². The number of nitrogens with one attached hydrogen (secondary N) is 1. The van der Waals surface area contributed by atoms with Gasteiger partial charge in [0, 0.05) is 18.2 Å². The Labute approximate surface area is 86.3 Å². The van der Waals surface area contributed by atoms with Gasteiger partial charge in [0.25, 0.3) is 5.92 Å². The molecule has 0 radical (unpaired) electrons. The first-order valence-corrected chi connectivity index (χ1v) is 4.40. The highest BCUT2D eigenvalue weighted by molar-refractivity contribution is 5.78. The molecular weight excluding hydrogens is 202 g/mol. The average Bonchev–Trinajstić information content (AvgIpc) is 2.14. The largest absolute Gasteiger partial charge is 0.376 e. The van der Waals surface area contributed by atoms with Gasteiger partial charge in [-0.25, -0.2) is 8.78 Å². The number of carbonyl (C=O) groups is 1. The normalized spacial score (nSPS) is 11.1. The summed E-state index contributed by atoms with van der Waals surface area (Å²) >= 11 is 0. The van der Waals surface area contributed by atoms with E-state index in [0.29, 0.717) is 5.69 Å². The third-order valence-electron chi connectivity index (χ3n) is 1.86. The fourth-order valence-electron chi connectivity index (χ4n) is 1.07. The van der Waals surface area contributed by atoms with E-state index in [1.807, 2.05) is 0 Å². The summed E-state index contributed by atoms with van der Waals surface area (Å²) in [5.41, 5.74) is 5.44. The van der Waals surface area contributed by atoms with Gasteiger partial charge in [0.15, 0.2) is 0 Å². The molecule has 1 aromatic rings. The zero-order valence-corrected chi connectivity index (χ0v) is 8.26. The minimum Gasteiger partial charge on any atom is -0.376 e. The highest BCUT2D eigenvalue weighted by atomic mass is 19.3. The molecule has 1 amide bonds. The number of rotatable bonds is 4. The lowest BCUT2D eigenvalue weighted by Crippen LogP contribution is -2.21. The van der Waals surface area contributed by atoms with Crippen LogP contribution in [0.1, 0.15) is 12.5 Å². The molecule has 15 heavy (non-hydrogen) atoms. The number of anilines is 1. The molecule has 0 saturated carbocycles. The molecule has 0 fully saturated rings. The lowest BCUT2D eigenvalue weighted by atomic mass is 10.1. The predicted molar refractivity (Wildman–Crippen MR) is 53.7 cm³/mol. The van der Waals surface area contributed by atoms with E-state index < -0.39 is 11.8 Å². The van der Waals surface area contributed by atoms with Crippen molar-refractivity contribution in [3.05, 3.63) is 29.8 Å². The number of carbonyl (C=O) groups excluding carboxylic acids is 1. The van der Waals surface area contributed by atoms with Gasteiger partial charge in [0.1, 0.15) is 0 Å². The third-order valence-corrected chi connectivity index (χ3v) is 1.86. The van der Waals surface area contributed by atoms with Crippen LogP contribution in [-0.2, 0) is 10.7 Å². The lowest BCUT2D eigenvalue weighted by molar-refractivity contribution is -0.116. The Morgan fingerprint density at radius 2 is 1.93 bits per heavy atom. The van der Waals surface area contributed by atoms with Crippen molar-refractivity contribution in [2.75, 3.05) is 11.9 Å². The molecule has 1 aromatic carbocycles. The number of alkyl halides is 2. The Kier molecular flexibility index (Phi) is 3.24. The molecule has 0 aromatic heterocycles. The van der Waals surface area contributed by atoms with Crippen molar-refractivity contribution in [3.63, 3.8) is 0 Å². The van der Waals surface area contributed by atoms with Crippen LogP contribution in [0.3, 0.4) is 0 Å². The summed E-state index contributed by atoms with van der Waals surface area (Å²) in [6, 6.07) is 5.58. The van der Waals surface area contributed by atoms with Crippen molar-refractivity contribution in [1.82, 2.24) is 0 Å². The first-order valence-electron chi connectivity index (χ1n) is 4.40. The second kappa shape index (κ2) is 4.25. The second-order valence-corrected chi connectivity index (χ2v) is 3.29. The maximum atomic E-state index is 12.8. The number of halogens is 2. The van der Waals surface area contributed by atoms with Gasteiger partial charge in [-0.05, 0) is 12.1 Å². The molecule has 0 aliphatic heterocycles. The monoisotopic (exact) mass is 214 g/mol. The van der Waals surface area contributed by atoms with Crippen LogP contribution in [0, 0.1) is 0 Å².